The van der Waals surface area contributed by atoms with Gasteiger partial charge in [-0.05, 0) is 31.7 Å². The Bertz CT molecular complexity index is 541. The third-order valence-electron chi connectivity index (χ3n) is 3.83. The van der Waals surface area contributed by atoms with Gasteiger partial charge in [0.05, 0.1) is 6.54 Å². The molecule has 0 aromatic carbocycles. The molecule has 5 nitrogen and oxygen atoms in total. The Morgan fingerprint density at radius 1 is 1.52 bits per heavy atom. The summed E-state index contributed by atoms with van der Waals surface area (Å²) >= 11 is 0. The van der Waals surface area contributed by atoms with Gasteiger partial charge in [-0.2, -0.15) is 0 Å². The van der Waals surface area contributed by atoms with Crippen LogP contribution in [0.1, 0.15) is 32.3 Å². The van der Waals surface area contributed by atoms with Crippen molar-refractivity contribution in [2.24, 2.45) is 16.6 Å². The SMILES string of the molecule is CCn1cccc(CN=C(N)N2CCCC(C)C2)c1=O.I. The van der Waals surface area contributed by atoms with Gasteiger partial charge in [0, 0.05) is 31.4 Å². The minimum absolute atomic E-state index is 0. The predicted octanol–water partition coefficient (Wildman–Crippen LogP) is 2.03. The molecule has 6 heteroatoms. The fourth-order valence-electron chi connectivity index (χ4n) is 2.62. The molecule has 1 aromatic heterocycles. The van der Waals surface area contributed by atoms with Crippen molar-refractivity contribution in [1.29, 1.82) is 0 Å². The summed E-state index contributed by atoms with van der Waals surface area (Å²) in [6.07, 6.45) is 4.21. The van der Waals surface area contributed by atoms with Crippen LogP contribution in [0.15, 0.2) is 28.1 Å². The molecule has 1 fully saturated rings. The second kappa shape index (κ2) is 8.41. The minimum Gasteiger partial charge on any atom is -0.370 e. The highest BCUT2D eigenvalue weighted by Gasteiger charge is 2.17. The molecule has 1 saturated heterocycles. The van der Waals surface area contributed by atoms with Crippen molar-refractivity contribution in [1.82, 2.24) is 9.47 Å². The maximum Gasteiger partial charge on any atom is 0.255 e. The quantitative estimate of drug-likeness (QED) is 0.477. The van der Waals surface area contributed by atoms with E-state index >= 15 is 0 Å². The largest absolute Gasteiger partial charge is 0.370 e. The molecule has 118 valence electrons. The van der Waals surface area contributed by atoms with Gasteiger partial charge in [0.1, 0.15) is 0 Å². The van der Waals surface area contributed by atoms with Crippen LogP contribution in [0.2, 0.25) is 0 Å². The van der Waals surface area contributed by atoms with Crippen LogP contribution in [-0.2, 0) is 13.1 Å². The van der Waals surface area contributed by atoms with Crippen LogP contribution in [0.3, 0.4) is 0 Å². The molecule has 2 heterocycles. The van der Waals surface area contributed by atoms with E-state index in [1.54, 1.807) is 10.8 Å². The Balaban J connectivity index is 0.00000220. The average molecular weight is 404 g/mol. The van der Waals surface area contributed by atoms with E-state index in [0.717, 1.165) is 19.5 Å². The van der Waals surface area contributed by atoms with Crippen LogP contribution >= 0.6 is 24.0 Å². The predicted molar refractivity (Wildman–Crippen MR) is 97.1 cm³/mol. The van der Waals surface area contributed by atoms with E-state index in [1.807, 2.05) is 19.1 Å². The van der Waals surface area contributed by atoms with Gasteiger partial charge in [0.25, 0.3) is 5.56 Å². The van der Waals surface area contributed by atoms with Gasteiger partial charge in [-0.1, -0.05) is 13.0 Å². The highest BCUT2D eigenvalue weighted by Crippen LogP contribution is 2.14. The van der Waals surface area contributed by atoms with Crippen molar-refractivity contribution in [3.63, 3.8) is 0 Å². The third-order valence-corrected chi connectivity index (χ3v) is 3.83. The van der Waals surface area contributed by atoms with Crippen LogP contribution < -0.4 is 11.3 Å². The van der Waals surface area contributed by atoms with Gasteiger partial charge in [-0.15, -0.1) is 24.0 Å². The Kier molecular flexibility index (Phi) is 7.21. The standard InChI is InChI=1S/C15H24N4O.HI/c1-3-18-8-5-7-13(14(18)20)10-17-15(16)19-9-4-6-12(2)11-19;/h5,7-8,12H,3-4,6,9-11H2,1-2H3,(H2,16,17);1H. The van der Waals surface area contributed by atoms with Crippen LogP contribution in [0.5, 0.6) is 0 Å². The molecule has 2 rings (SSSR count). The number of guanidine groups is 1. The van der Waals surface area contributed by atoms with E-state index in [0.29, 0.717) is 30.5 Å². The van der Waals surface area contributed by atoms with Crippen LogP contribution in [0.4, 0.5) is 0 Å². The number of rotatable bonds is 3. The van der Waals surface area contributed by atoms with Crippen LogP contribution in [0, 0.1) is 5.92 Å². The summed E-state index contributed by atoms with van der Waals surface area (Å²) in [6.45, 7) is 7.15. The highest BCUT2D eigenvalue weighted by atomic mass is 127. The molecule has 0 amide bonds. The lowest BCUT2D eigenvalue weighted by molar-refractivity contribution is 0.270. The van der Waals surface area contributed by atoms with E-state index in [2.05, 4.69) is 16.8 Å². The molecule has 1 aromatic rings. The van der Waals surface area contributed by atoms with Crippen molar-refractivity contribution in [2.75, 3.05) is 13.1 Å². The first kappa shape index (κ1) is 18.0. The topological polar surface area (TPSA) is 63.6 Å². The summed E-state index contributed by atoms with van der Waals surface area (Å²) in [5.74, 6) is 1.22. The third kappa shape index (κ3) is 4.72. The Morgan fingerprint density at radius 2 is 2.29 bits per heavy atom. The smallest absolute Gasteiger partial charge is 0.255 e. The second-order valence-corrected chi connectivity index (χ2v) is 5.49. The Labute approximate surface area is 143 Å². The number of piperidine rings is 1. The molecule has 0 spiro atoms. The Morgan fingerprint density at radius 3 is 2.95 bits per heavy atom. The number of hydrogen-bond acceptors (Lipinski definition) is 2. The molecule has 2 N–H and O–H groups in total. The van der Waals surface area contributed by atoms with Crippen LogP contribution in [0.25, 0.3) is 0 Å². The zero-order valence-electron chi connectivity index (χ0n) is 12.8. The number of halogens is 1. The minimum atomic E-state index is 0. The fourth-order valence-corrected chi connectivity index (χ4v) is 2.62. The van der Waals surface area contributed by atoms with Crippen molar-refractivity contribution < 1.29 is 0 Å². The lowest BCUT2D eigenvalue weighted by Gasteiger charge is -2.31. The first-order valence-electron chi connectivity index (χ1n) is 7.35. The molecule has 1 aliphatic rings. The highest BCUT2D eigenvalue weighted by molar-refractivity contribution is 14.0. The summed E-state index contributed by atoms with van der Waals surface area (Å²) in [7, 11) is 0. The molecule has 0 aliphatic carbocycles. The first-order valence-corrected chi connectivity index (χ1v) is 7.35. The lowest BCUT2D eigenvalue weighted by atomic mass is 10.0. The van der Waals surface area contributed by atoms with E-state index in [9.17, 15) is 4.79 Å². The number of nitrogens with zero attached hydrogens (tertiary/aromatic N) is 3. The monoisotopic (exact) mass is 404 g/mol. The van der Waals surface area contributed by atoms with E-state index in [-0.39, 0.29) is 29.5 Å². The van der Waals surface area contributed by atoms with Crippen molar-refractivity contribution in [2.45, 2.75) is 39.8 Å². The maximum atomic E-state index is 12.1. The summed E-state index contributed by atoms with van der Waals surface area (Å²) in [5.41, 5.74) is 6.77. The number of aromatic nitrogens is 1. The molecule has 1 atom stereocenters. The Hall–Kier alpha value is -1.05. The summed E-state index contributed by atoms with van der Waals surface area (Å²) in [6, 6.07) is 3.71. The van der Waals surface area contributed by atoms with Crippen LogP contribution in [-0.4, -0.2) is 28.5 Å². The van der Waals surface area contributed by atoms with Gasteiger partial charge in [0.15, 0.2) is 5.96 Å². The number of aryl methyl sites for hydroxylation is 1. The molecule has 0 saturated carbocycles. The number of hydrogen-bond donors (Lipinski definition) is 1. The number of likely N-dealkylation sites (tertiary alicyclic amines) is 1. The van der Waals surface area contributed by atoms with Crippen molar-refractivity contribution >= 4 is 29.9 Å². The van der Waals surface area contributed by atoms with Gasteiger partial charge in [-0.3, -0.25) is 4.79 Å². The maximum absolute atomic E-state index is 12.1. The number of pyridine rings is 1. The average Bonchev–Trinajstić information content (AvgIpc) is 2.46. The summed E-state index contributed by atoms with van der Waals surface area (Å²) in [4.78, 5) is 18.6. The fraction of sp³-hybridized carbons (Fsp3) is 0.600. The van der Waals surface area contributed by atoms with Gasteiger partial charge >= 0.3 is 0 Å². The van der Waals surface area contributed by atoms with E-state index in [4.69, 9.17) is 5.73 Å². The van der Waals surface area contributed by atoms with E-state index < -0.39 is 0 Å². The lowest BCUT2D eigenvalue weighted by Crippen LogP contribution is -2.43. The molecule has 21 heavy (non-hydrogen) atoms. The number of aliphatic imine (C=N–C) groups is 1. The van der Waals surface area contributed by atoms with Gasteiger partial charge in [-0.25, -0.2) is 4.99 Å². The van der Waals surface area contributed by atoms with Gasteiger partial charge < -0.3 is 15.2 Å². The van der Waals surface area contributed by atoms with Gasteiger partial charge in [0.2, 0.25) is 0 Å². The molecular weight excluding hydrogens is 379 g/mol. The molecule has 0 bridgehead atoms. The summed E-state index contributed by atoms with van der Waals surface area (Å²) < 4.78 is 1.68. The first-order chi connectivity index (χ1) is 9.61. The normalized spacial score (nSPS) is 19.2. The zero-order chi connectivity index (χ0) is 14.5. The zero-order valence-corrected chi connectivity index (χ0v) is 15.1. The molecular formula is C15H25IN4O. The molecule has 0 radical (unpaired) electrons. The second-order valence-electron chi connectivity index (χ2n) is 5.49. The summed E-state index contributed by atoms with van der Waals surface area (Å²) in [5, 5.41) is 0. The van der Waals surface area contributed by atoms with Crippen molar-refractivity contribution in [3.05, 3.63) is 34.2 Å². The van der Waals surface area contributed by atoms with Crippen molar-refractivity contribution in [3.8, 4) is 0 Å². The van der Waals surface area contributed by atoms with E-state index in [1.165, 1.54) is 6.42 Å². The molecule has 1 unspecified atom stereocenters. The number of nitrogens with two attached hydrogens (primary N) is 1. The molecule has 1 aliphatic heterocycles.